The van der Waals surface area contributed by atoms with E-state index in [9.17, 15) is 54.3 Å². The van der Waals surface area contributed by atoms with E-state index in [1.807, 2.05) is 75.3 Å². The fourth-order valence-corrected chi connectivity index (χ4v) is 16.9. The van der Waals surface area contributed by atoms with Gasteiger partial charge in [0, 0.05) is 11.3 Å². The number of allylic oxidation sites excluding steroid dienone is 2. The first-order valence-corrected chi connectivity index (χ1v) is 32.2. The molecule has 2 heterocycles. The van der Waals surface area contributed by atoms with Crippen LogP contribution in [0.25, 0.3) is 0 Å². The summed E-state index contributed by atoms with van der Waals surface area (Å²) < 4.78 is 40.8. The number of fused-ring (bicyclic) bond motifs is 7. The van der Waals surface area contributed by atoms with Crippen LogP contribution < -0.4 is 16.0 Å². The Balaban J connectivity index is 1.20. The average Bonchev–Trinajstić information content (AvgIpc) is 0.705. The van der Waals surface area contributed by atoms with Crippen molar-refractivity contribution in [2.24, 2.45) is 85.8 Å². The number of carbonyl (C=O) groups is 7. The van der Waals surface area contributed by atoms with Crippen molar-refractivity contribution in [3.05, 3.63) is 11.6 Å². The number of carbonyl (C=O) groups excluding carboxylic acids is 7. The monoisotopic (exact) mass is 1250 g/mol. The largest absolute Gasteiger partial charge is 0.467 e. The lowest BCUT2D eigenvalue weighted by Gasteiger charge is -2.70. The van der Waals surface area contributed by atoms with Crippen LogP contribution in [-0.2, 0) is 66.7 Å². The minimum Gasteiger partial charge on any atom is -0.467 e. The molecule has 8 N–H and O–H groups in total. The Hall–Kier alpha value is -4.13. The second kappa shape index (κ2) is 26.5. The van der Waals surface area contributed by atoms with Gasteiger partial charge in [0.15, 0.2) is 30.6 Å². The number of hydrogen-bond acceptors (Lipinski definition) is 19. The summed E-state index contributed by atoms with van der Waals surface area (Å²) in [6, 6.07) is -3.24. The Morgan fingerprint density at radius 3 is 1.51 bits per heavy atom. The third-order valence-electron chi connectivity index (χ3n) is 24.3. The Kier molecular flexibility index (Phi) is 21.4. The molecule has 7 aliphatic rings. The number of rotatable bonds is 19. The number of ether oxygens (including phenoxy) is 7. The van der Waals surface area contributed by atoms with E-state index in [0.717, 1.165) is 31.9 Å². The Morgan fingerprint density at radius 1 is 0.557 bits per heavy atom. The highest BCUT2D eigenvalue weighted by atomic mass is 16.8. The maximum absolute atomic E-state index is 15.6. The number of hydrogen-bond donors (Lipinski definition) is 8. The van der Waals surface area contributed by atoms with Gasteiger partial charge in [-0.05, 0) is 138 Å². The predicted molar refractivity (Wildman–Crippen MR) is 320 cm³/mol. The number of amides is 3. The maximum atomic E-state index is 15.6. The molecule has 0 radical (unpaired) electrons. The van der Waals surface area contributed by atoms with Crippen molar-refractivity contribution in [3.63, 3.8) is 0 Å². The zero-order chi connectivity index (χ0) is 66.0. The van der Waals surface area contributed by atoms with E-state index in [-0.39, 0.29) is 52.6 Å². The molecular formula is C66H107N3O19. The number of ketones is 1. The molecule has 22 heteroatoms. The smallest absolute Gasteiger partial charge is 0.328 e. The van der Waals surface area contributed by atoms with Crippen LogP contribution in [-0.4, -0.2) is 174 Å². The van der Waals surface area contributed by atoms with Crippen LogP contribution in [0.5, 0.6) is 0 Å². The molecule has 10 unspecified atom stereocenters. The van der Waals surface area contributed by atoms with Crippen molar-refractivity contribution in [2.75, 3.05) is 21.3 Å². The summed E-state index contributed by atoms with van der Waals surface area (Å²) in [7, 11) is 3.66. The van der Waals surface area contributed by atoms with Gasteiger partial charge in [0.2, 0.25) is 5.91 Å². The molecule has 4 saturated carbocycles. The molecule has 25 atom stereocenters. The summed E-state index contributed by atoms with van der Waals surface area (Å²) in [4.78, 5) is 97.8. The van der Waals surface area contributed by atoms with Crippen LogP contribution in [0.15, 0.2) is 11.6 Å². The highest BCUT2D eigenvalue weighted by molar-refractivity contribution is 5.96. The lowest BCUT2D eigenvalue weighted by molar-refractivity contribution is -0.369. The fourth-order valence-electron chi connectivity index (χ4n) is 16.9. The van der Waals surface area contributed by atoms with Gasteiger partial charge in [0.1, 0.15) is 54.7 Å². The third-order valence-corrected chi connectivity index (χ3v) is 24.3. The molecular weight excluding hydrogens is 1140 g/mol. The zero-order valence-corrected chi connectivity index (χ0v) is 55.7. The first-order chi connectivity index (χ1) is 40.8. The van der Waals surface area contributed by atoms with Crippen LogP contribution in [0.2, 0.25) is 0 Å². The van der Waals surface area contributed by atoms with Gasteiger partial charge >= 0.3 is 17.9 Å². The van der Waals surface area contributed by atoms with E-state index in [1.165, 1.54) is 14.2 Å². The average molecular weight is 1250 g/mol. The van der Waals surface area contributed by atoms with E-state index < -0.39 is 160 Å². The van der Waals surface area contributed by atoms with E-state index in [4.69, 9.17) is 33.2 Å². The van der Waals surface area contributed by atoms with E-state index in [1.54, 1.807) is 13.8 Å². The van der Waals surface area contributed by atoms with Crippen LogP contribution in [0, 0.1) is 85.8 Å². The van der Waals surface area contributed by atoms with Crippen molar-refractivity contribution < 1.29 is 92.3 Å². The van der Waals surface area contributed by atoms with Gasteiger partial charge in [-0.25, -0.2) is 14.4 Å². The molecule has 0 bridgehead atoms. The summed E-state index contributed by atoms with van der Waals surface area (Å²) in [5.41, 5.74) is -2.20. The zero-order valence-electron chi connectivity index (χ0n) is 55.7. The van der Waals surface area contributed by atoms with Crippen molar-refractivity contribution in [3.8, 4) is 0 Å². The predicted octanol–water partition coefficient (Wildman–Crippen LogP) is 4.84. The summed E-state index contributed by atoms with van der Waals surface area (Å²) in [5.74, 6) is -6.20. The quantitative estimate of drug-likeness (QED) is 0.0487. The Labute approximate surface area is 520 Å². The molecule has 0 aromatic heterocycles. The summed E-state index contributed by atoms with van der Waals surface area (Å²) in [6.07, 6.45) is -12.9. The third kappa shape index (κ3) is 12.6. The van der Waals surface area contributed by atoms with E-state index in [2.05, 4.69) is 43.6 Å². The number of aliphatic hydroxyl groups excluding tert-OH is 5. The lowest BCUT2D eigenvalue weighted by Crippen LogP contribution is -2.69. The molecule has 22 nitrogen and oxygen atoms in total. The van der Waals surface area contributed by atoms with Crippen LogP contribution in [0.3, 0.4) is 0 Å². The molecule has 0 aromatic rings. The lowest BCUT2D eigenvalue weighted by atomic mass is 9.33. The van der Waals surface area contributed by atoms with Gasteiger partial charge < -0.3 is 74.6 Å². The van der Waals surface area contributed by atoms with Gasteiger partial charge in [0.25, 0.3) is 11.8 Å². The molecule has 3 amide bonds. The Bertz CT molecular complexity index is 2630. The molecule has 7 rings (SSSR count). The maximum Gasteiger partial charge on any atom is 0.328 e. The second-order valence-electron chi connectivity index (χ2n) is 30.4. The van der Waals surface area contributed by atoms with Gasteiger partial charge in [-0.2, -0.15) is 0 Å². The SMILES string of the molecule is COC(=O)C(NC(=O)[C@H]1O[C@@H](O[C@H]2[C@H](OC3CC[C@@]4(C)C(CC[C@]5(C)C4C(=O)C=C4C6C[C@@](C)(C(=O)NC(C(=O)OC)C(C)C(C)C)CC[C@]6(C)CC[C@]45C)C3(C)C)O[C@H](C(=O)NC(C(=O)OC)C(C)C(C)C)[C@@H](O)[C@@H]2O)[C@H](O)[C@@H](O)[C@@H]1O)C(C)C(C)C. The van der Waals surface area contributed by atoms with Gasteiger partial charge in [-0.1, -0.05) is 116 Å². The van der Waals surface area contributed by atoms with Crippen LogP contribution in [0.4, 0.5) is 0 Å². The number of methoxy groups -OCH3 is 3. The fraction of sp³-hybridized carbons (Fsp3) is 0.864. The first-order valence-electron chi connectivity index (χ1n) is 32.2. The van der Waals surface area contributed by atoms with Crippen molar-refractivity contribution in [2.45, 2.75) is 254 Å². The summed E-state index contributed by atoms with van der Waals surface area (Å²) in [6.45, 7) is 32.0. The minimum atomic E-state index is -2.10. The first kappa shape index (κ1) is 71.3. The molecule has 6 fully saturated rings. The minimum absolute atomic E-state index is 0.0440. The molecule has 2 saturated heterocycles. The van der Waals surface area contributed by atoms with Gasteiger partial charge in [-0.15, -0.1) is 0 Å². The molecule has 0 aromatic carbocycles. The van der Waals surface area contributed by atoms with Crippen molar-refractivity contribution in [1.82, 2.24) is 16.0 Å². The standard InChI is InChI=1S/C66H107N3O19/c1-30(2)33(7)41(55(78)82-17)67-53(76)49-45(72)44(71)48(75)58(86-49)88-51-47(74)46(73)50(54(77)68-42(56(79)83-18)34(8)31(3)4)87-59(51)85-40-21-22-64(14)39(61(40,10)11)20-23-66(16)52(64)38(70)28-36-37-29-63(13,25-24-62(37,12)26-27-65(36,66)15)60(81)69-43(57(80)84-19)35(9)32(5)6/h28,30-35,37,39-52,58-59,71-75H,20-27,29H2,1-19H3,(H,67,76)(H,68,77)(H,69,81)/t33?,34?,35?,37?,39?,40?,41?,42?,43?,44-,45-,46-,47-,48+,49-,50-,51+,52?,58-,59+,62+,63-,64-,65+,66+/m0/s1. The summed E-state index contributed by atoms with van der Waals surface area (Å²) in [5, 5.41) is 66.4. The van der Waals surface area contributed by atoms with Crippen LogP contribution >= 0.6 is 0 Å². The highest BCUT2D eigenvalue weighted by Crippen LogP contribution is 2.75. The molecule has 500 valence electrons. The van der Waals surface area contributed by atoms with E-state index >= 15 is 4.79 Å². The second-order valence-corrected chi connectivity index (χ2v) is 30.4. The molecule has 5 aliphatic carbocycles. The molecule has 88 heavy (non-hydrogen) atoms. The highest BCUT2D eigenvalue weighted by Gasteiger charge is 2.71. The molecule has 2 aliphatic heterocycles. The van der Waals surface area contributed by atoms with E-state index in [0.29, 0.717) is 38.5 Å². The molecule has 0 spiro atoms. The summed E-state index contributed by atoms with van der Waals surface area (Å²) >= 11 is 0. The van der Waals surface area contributed by atoms with Crippen molar-refractivity contribution in [1.29, 1.82) is 0 Å². The Morgan fingerprint density at radius 2 is 1.02 bits per heavy atom. The normalized spacial score (nSPS) is 40.8. The number of aliphatic hydroxyl groups is 5. The topological polar surface area (TPSA) is 321 Å². The van der Waals surface area contributed by atoms with Crippen LogP contribution in [0.1, 0.15) is 169 Å². The van der Waals surface area contributed by atoms with Gasteiger partial charge in [-0.3, -0.25) is 19.2 Å². The number of esters is 3. The number of nitrogens with one attached hydrogen (secondary N) is 3. The van der Waals surface area contributed by atoms with Crippen molar-refractivity contribution >= 4 is 41.4 Å². The van der Waals surface area contributed by atoms with Gasteiger partial charge in [0.05, 0.1) is 27.4 Å².